The lowest BCUT2D eigenvalue weighted by atomic mass is 9.90. The van der Waals surface area contributed by atoms with Crippen LogP contribution in [0, 0.1) is 5.82 Å². The zero-order valence-corrected chi connectivity index (χ0v) is 26.7. The van der Waals surface area contributed by atoms with Crippen molar-refractivity contribution < 1.29 is 62.5 Å². The maximum Gasteiger partial charge on any atom is 0.335 e. The fourth-order valence-corrected chi connectivity index (χ4v) is 8.04. The minimum Gasteiger partial charge on any atom is -0.508 e. The van der Waals surface area contributed by atoms with Gasteiger partial charge in [-0.3, -0.25) is 4.79 Å². The van der Waals surface area contributed by atoms with Crippen molar-refractivity contribution in [1.82, 2.24) is 0 Å². The van der Waals surface area contributed by atoms with Crippen LogP contribution in [0.2, 0.25) is 0 Å². The molecule has 50 heavy (non-hydrogen) atoms. The van der Waals surface area contributed by atoms with Gasteiger partial charge in [0.15, 0.2) is 21.2 Å². The molecule has 2 heterocycles. The molecule has 4 aromatic rings. The normalized spacial score (nSPS) is 25.8. The highest BCUT2D eigenvalue weighted by Crippen LogP contribution is 2.47. The number of aliphatic hydroxyl groups excluding tert-OH is 4. The Hall–Kier alpha value is -4.90. The summed E-state index contributed by atoms with van der Waals surface area (Å²) >= 11 is 0. The molecule has 6 rings (SSSR count). The Morgan fingerprint density at radius 3 is 2.22 bits per heavy atom. The molecule has 0 aromatic heterocycles. The number of anilines is 1. The molecule has 15 heteroatoms. The molecule has 1 amide bonds. The highest BCUT2D eigenvalue weighted by atomic mass is 32.2. The van der Waals surface area contributed by atoms with E-state index in [1.165, 1.54) is 41.3 Å². The van der Waals surface area contributed by atoms with Gasteiger partial charge in [0.1, 0.15) is 35.6 Å². The lowest BCUT2D eigenvalue weighted by Gasteiger charge is -2.47. The standard InChI is InChI=1S/C35H32FNO12S/c36-21-12-9-18(10-13-21)25(39)17-50(46,47)32-27(37(33(32)43)22-6-2-1-3-7-22)24-14-11-20(19-5-4-8-23(38)15-19)16-26(24)48-35-30(42)28(40)29(41)31(49-35)34(44)45/h1-16,25,27-32,35,38-42H,17H2,(H,44,45)/t25-,27+,28-,29?,30?,31?,32+,35+/m0/s1. The molecule has 6 N–H and O–H groups in total. The molecule has 3 unspecified atom stereocenters. The fourth-order valence-electron chi connectivity index (χ4n) is 6.12. The van der Waals surface area contributed by atoms with E-state index in [1.54, 1.807) is 48.5 Å². The Kier molecular flexibility index (Phi) is 9.63. The number of halogens is 1. The molecule has 262 valence electrons. The van der Waals surface area contributed by atoms with Crippen molar-refractivity contribution in [3.63, 3.8) is 0 Å². The van der Waals surface area contributed by atoms with Gasteiger partial charge in [-0.05, 0) is 59.2 Å². The number of hydrogen-bond donors (Lipinski definition) is 6. The van der Waals surface area contributed by atoms with E-state index in [9.17, 15) is 53.0 Å². The number of amides is 1. The van der Waals surface area contributed by atoms with E-state index >= 15 is 0 Å². The average Bonchev–Trinajstić information content (AvgIpc) is 3.07. The lowest BCUT2D eigenvalue weighted by molar-refractivity contribution is -0.271. The SMILES string of the molecule is O=C(O)C1O[C@@H](Oc2cc(-c3cccc(O)c3)ccc2[C@@H]2[C@@H](S(=O)(=O)C[C@H](O)c3ccc(F)cc3)C(=O)N2c2ccccc2)C(O)[C@@H](O)C1O. The monoisotopic (exact) mass is 709 g/mol. The Labute approximate surface area is 284 Å². The van der Waals surface area contributed by atoms with Crippen molar-refractivity contribution in [2.24, 2.45) is 0 Å². The van der Waals surface area contributed by atoms with Crippen LogP contribution >= 0.6 is 0 Å². The van der Waals surface area contributed by atoms with Gasteiger partial charge in [-0.25, -0.2) is 17.6 Å². The first-order chi connectivity index (χ1) is 23.8. The third kappa shape index (κ3) is 6.66. The Morgan fingerprint density at radius 2 is 1.56 bits per heavy atom. The Morgan fingerprint density at radius 1 is 0.880 bits per heavy atom. The number of aliphatic hydroxyl groups is 4. The number of ether oxygens (including phenoxy) is 2. The first-order valence-corrected chi connectivity index (χ1v) is 17.0. The van der Waals surface area contributed by atoms with Gasteiger partial charge in [0, 0.05) is 11.3 Å². The molecular weight excluding hydrogens is 677 g/mol. The number of para-hydroxylation sites is 1. The van der Waals surface area contributed by atoms with Crippen LogP contribution in [0.3, 0.4) is 0 Å². The molecule has 2 saturated heterocycles. The highest BCUT2D eigenvalue weighted by molar-refractivity contribution is 7.93. The summed E-state index contributed by atoms with van der Waals surface area (Å²) in [4.78, 5) is 26.8. The minimum absolute atomic E-state index is 0.0606. The topological polar surface area (TPSA) is 211 Å². The van der Waals surface area contributed by atoms with Crippen LogP contribution in [0.4, 0.5) is 10.1 Å². The van der Waals surface area contributed by atoms with Crippen molar-refractivity contribution in [2.45, 2.75) is 48.1 Å². The van der Waals surface area contributed by atoms with Crippen LogP contribution in [0.25, 0.3) is 11.1 Å². The van der Waals surface area contributed by atoms with E-state index in [2.05, 4.69) is 0 Å². The molecule has 8 atom stereocenters. The van der Waals surface area contributed by atoms with Crippen LogP contribution in [-0.2, 0) is 24.2 Å². The number of hydrogen-bond acceptors (Lipinski definition) is 11. The summed E-state index contributed by atoms with van der Waals surface area (Å²) < 4.78 is 52.8. The van der Waals surface area contributed by atoms with Gasteiger partial charge in [0.2, 0.25) is 12.2 Å². The second-order valence-electron chi connectivity index (χ2n) is 12.0. The van der Waals surface area contributed by atoms with Crippen molar-refractivity contribution in [3.8, 4) is 22.6 Å². The number of nitrogens with zero attached hydrogens (tertiary/aromatic N) is 1. The number of aromatic hydroxyl groups is 1. The molecule has 2 aliphatic rings. The van der Waals surface area contributed by atoms with Crippen LogP contribution in [0.15, 0.2) is 97.1 Å². The van der Waals surface area contributed by atoms with Gasteiger partial charge in [0.25, 0.3) is 0 Å². The summed E-state index contributed by atoms with van der Waals surface area (Å²) in [6.45, 7) is 0. The number of β-lactam (4-membered cyclic amide) rings is 1. The molecule has 0 bridgehead atoms. The van der Waals surface area contributed by atoms with E-state index < -0.39 is 81.4 Å². The van der Waals surface area contributed by atoms with Gasteiger partial charge < -0.3 is 45.0 Å². The second kappa shape index (κ2) is 13.8. The number of rotatable bonds is 10. The zero-order chi connectivity index (χ0) is 35.9. The summed E-state index contributed by atoms with van der Waals surface area (Å²) in [6.07, 6.45) is -11.5. The fraction of sp³-hybridized carbons (Fsp3) is 0.257. The molecule has 0 spiro atoms. The van der Waals surface area contributed by atoms with Crippen molar-refractivity contribution in [2.75, 3.05) is 10.7 Å². The van der Waals surface area contributed by atoms with E-state index in [1.807, 2.05) is 0 Å². The number of sulfone groups is 1. The predicted molar refractivity (Wildman–Crippen MR) is 174 cm³/mol. The summed E-state index contributed by atoms with van der Waals surface area (Å²) in [7, 11) is -4.49. The lowest BCUT2D eigenvalue weighted by Crippen LogP contribution is -2.63. The van der Waals surface area contributed by atoms with Gasteiger partial charge >= 0.3 is 5.97 Å². The van der Waals surface area contributed by atoms with E-state index in [-0.39, 0.29) is 22.6 Å². The molecule has 2 aliphatic heterocycles. The third-order valence-corrected chi connectivity index (χ3v) is 10.7. The van der Waals surface area contributed by atoms with Gasteiger partial charge in [-0.1, -0.05) is 54.6 Å². The minimum atomic E-state index is -4.49. The first-order valence-electron chi connectivity index (χ1n) is 15.3. The number of carboxylic acids is 1. The van der Waals surface area contributed by atoms with Crippen LogP contribution in [-0.4, -0.2) is 92.6 Å². The van der Waals surface area contributed by atoms with Crippen LogP contribution in [0.5, 0.6) is 11.5 Å². The first kappa shape index (κ1) is 34.9. The predicted octanol–water partition coefficient (Wildman–Crippen LogP) is 2.07. The average molecular weight is 710 g/mol. The Balaban J connectivity index is 1.45. The maximum atomic E-state index is 14.0. The molecule has 0 aliphatic carbocycles. The number of benzene rings is 4. The van der Waals surface area contributed by atoms with Crippen molar-refractivity contribution in [1.29, 1.82) is 0 Å². The van der Waals surface area contributed by atoms with Crippen LogP contribution in [0.1, 0.15) is 23.3 Å². The van der Waals surface area contributed by atoms with Crippen molar-refractivity contribution in [3.05, 3.63) is 114 Å². The van der Waals surface area contributed by atoms with E-state index in [4.69, 9.17) is 9.47 Å². The summed E-state index contributed by atoms with van der Waals surface area (Å²) in [5.41, 5.74) is 1.36. The number of carbonyl (C=O) groups excluding carboxylic acids is 1. The number of carbonyl (C=O) groups is 2. The largest absolute Gasteiger partial charge is 0.508 e. The summed E-state index contributed by atoms with van der Waals surface area (Å²) in [6, 6.07) is 21.9. The molecule has 0 radical (unpaired) electrons. The van der Waals surface area contributed by atoms with E-state index in [0.29, 0.717) is 16.8 Å². The maximum absolute atomic E-state index is 14.0. The van der Waals surface area contributed by atoms with Gasteiger partial charge in [0.05, 0.1) is 17.9 Å². The van der Waals surface area contributed by atoms with Crippen molar-refractivity contribution >= 4 is 27.4 Å². The number of aliphatic carboxylic acids is 1. The van der Waals surface area contributed by atoms with Gasteiger partial charge in [-0.2, -0.15) is 0 Å². The highest BCUT2D eigenvalue weighted by Gasteiger charge is 2.57. The molecule has 13 nitrogen and oxygen atoms in total. The second-order valence-corrected chi connectivity index (χ2v) is 14.1. The summed E-state index contributed by atoms with van der Waals surface area (Å²) in [5.74, 6) is -4.25. The number of phenols is 1. The number of phenolic OH excluding ortho intramolecular Hbond substituents is 1. The molecular formula is C35H32FNO12S. The molecule has 0 saturated carbocycles. The van der Waals surface area contributed by atoms with Crippen LogP contribution < -0.4 is 9.64 Å². The Bertz CT molecular complexity index is 1990. The number of carboxylic acid groups (broad SMARTS) is 1. The van der Waals surface area contributed by atoms with Gasteiger partial charge in [-0.15, -0.1) is 0 Å². The summed E-state index contributed by atoms with van der Waals surface area (Å²) in [5, 5.41) is 60.2. The zero-order valence-electron chi connectivity index (χ0n) is 25.9. The van der Waals surface area contributed by atoms with E-state index in [0.717, 1.165) is 12.1 Å². The smallest absolute Gasteiger partial charge is 0.335 e. The third-order valence-electron chi connectivity index (χ3n) is 8.68. The molecule has 2 fully saturated rings. The quantitative estimate of drug-likeness (QED) is 0.131. The molecule has 4 aromatic carbocycles.